The van der Waals surface area contributed by atoms with Crippen molar-refractivity contribution in [3.8, 4) is 0 Å². The van der Waals surface area contributed by atoms with Crippen LogP contribution in [0.2, 0.25) is 0 Å². The number of hydrogen-bond donors (Lipinski definition) is 0. The Bertz CT molecular complexity index is 537. The first-order valence-corrected chi connectivity index (χ1v) is 6.43. The van der Waals surface area contributed by atoms with Crippen molar-refractivity contribution >= 4 is 34.8 Å². The van der Waals surface area contributed by atoms with E-state index in [1.165, 1.54) is 15.4 Å². The summed E-state index contributed by atoms with van der Waals surface area (Å²) in [5, 5.41) is 2.36. The minimum Gasteiger partial charge on any atom is -0.195 e. The van der Waals surface area contributed by atoms with E-state index >= 15 is 0 Å². The highest BCUT2D eigenvalue weighted by atomic mass is 32.2. The second-order valence-electron chi connectivity index (χ2n) is 3.61. The van der Waals surface area contributed by atoms with E-state index < -0.39 is 0 Å². The predicted octanol–water partition coefficient (Wildman–Crippen LogP) is 4.88. The Morgan fingerprint density at radius 2 is 1.47 bits per heavy atom. The zero-order valence-electron chi connectivity index (χ0n) is 9.38. The third-order valence-corrected chi connectivity index (χ3v) is 3.38. The molecule has 0 bridgehead atoms. The Morgan fingerprint density at radius 3 is 2.00 bits per heavy atom. The van der Waals surface area contributed by atoms with Crippen LogP contribution >= 0.6 is 24.0 Å². The lowest BCUT2D eigenvalue weighted by Gasteiger charge is -2.02. The molecule has 1 nitrogen and oxygen atoms in total. The first kappa shape index (κ1) is 12.1. The SMILES string of the molecule is Cc1ccc(Sc2ccc(N=C=S)cc2)cc1. The highest BCUT2D eigenvalue weighted by Gasteiger charge is 1.97. The Hall–Kier alpha value is -1.41. The predicted molar refractivity (Wildman–Crippen MR) is 76.4 cm³/mol. The molecular formula is C14H11NS2. The van der Waals surface area contributed by atoms with Gasteiger partial charge in [-0.25, -0.2) is 0 Å². The molecule has 2 aromatic carbocycles. The van der Waals surface area contributed by atoms with Crippen molar-refractivity contribution in [3.05, 3.63) is 54.1 Å². The molecular weight excluding hydrogens is 246 g/mol. The van der Waals surface area contributed by atoms with Crippen molar-refractivity contribution in [2.24, 2.45) is 4.99 Å². The van der Waals surface area contributed by atoms with Gasteiger partial charge in [-0.05, 0) is 55.5 Å². The minimum absolute atomic E-state index is 0.841. The van der Waals surface area contributed by atoms with Crippen LogP contribution in [0.3, 0.4) is 0 Å². The zero-order chi connectivity index (χ0) is 12.1. The average molecular weight is 257 g/mol. The highest BCUT2D eigenvalue weighted by Crippen LogP contribution is 2.28. The standard InChI is InChI=1S/C14H11NS2/c1-11-2-6-13(7-3-11)17-14-8-4-12(5-9-14)15-10-16/h2-9H,1H3. The van der Waals surface area contributed by atoms with Crippen LogP contribution in [-0.2, 0) is 0 Å². The molecule has 0 aliphatic carbocycles. The Labute approximate surface area is 111 Å². The Balaban J connectivity index is 2.13. The Kier molecular flexibility index (Phi) is 4.10. The maximum Gasteiger partial charge on any atom is 0.0740 e. The van der Waals surface area contributed by atoms with Crippen molar-refractivity contribution in [1.29, 1.82) is 0 Å². The van der Waals surface area contributed by atoms with E-state index in [0.29, 0.717) is 0 Å². The second kappa shape index (κ2) is 5.78. The summed E-state index contributed by atoms with van der Waals surface area (Å²) in [6.45, 7) is 2.09. The number of isothiocyanates is 1. The normalized spacial score (nSPS) is 9.71. The fourth-order valence-corrected chi connectivity index (χ4v) is 2.31. The van der Waals surface area contributed by atoms with Crippen molar-refractivity contribution in [2.75, 3.05) is 0 Å². The summed E-state index contributed by atoms with van der Waals surface area (Å²) < 4.78 is 0. The van der Waals surface area contributed by atoms with Crippen LogP contribution < -0.4 is 0 Å². The van der Waals surface area contributed by atoms with E-state index in [4.69, 9.17) is 0 Å². The lowest BCUT2D eigenvalue weighted by molar-refractivity contribution is 1.36. The first-order chi connectivity index (χ1) is 8.28. The molecule has 0 unspecified atom stereocenters. The maximum atomic E-state index is 4.56. The van der Waals surface area contributed by atoms with Gasteiger partial charge in [0, 0.05) is 9.79 Å². The molecule has 2 aromatic rings. The molecule has 0 aromatic heterocycles. The highest BCUT2D eigenvalue weighted by molar-refractivity contribution is 7.99. The summed E-state index contributed by atoms with van der Waals surface area (Å²) >= 11 is 6.30. The number of benzene rings is 2. The molecule has 0 saturated carbocycles. The largest absolute Gasteiger partial charge is 0.195 e. The molecule has 17 heavy (non-hydrogen) atoms. The van der Waals surface area contributed by atoms with Gasteiger partial charge in [-0.1, -0.05) is 29.5 Å². The van der Waals surface area contributed by atoms with Crippen LogP contribution in [0.1, 0.15) is 5.56 Å². The van der Waals surface area contributed by atoms with E-state index in [1.807, 2.05) is 24.3 Å². The van der Waals surface area contributed by atoms with Gasteiger partial charge in [0.15, 0.2) is 0 Å². The Morgan fingerprint density at radius 1 is 0.941 bits per heavy atom. The molecule has 0 radical (unpaired) electrons. The van der Waals surface area contributed by atoms with Crippen molar-refractivity contribution in [3.63, 3.8) is 0 Å². The van der Waals surface area contributed by atoms with E-state index in [0.717, 1.165) is 5.69 Å². The van der Waals surface area contributed by atoms with Gasteiger partial charge in [0.1, 0.15) is 0 Å². The van der Waals surface area contributed by atoms with Gasteiger partial charge in [0.2, 0.25) is 0 Å². The summed E-state index contributed by atoms with van der Waals surface area (Å²) in [5.41, 5.74) is 2.12. The molecule has 0 spiro atoms. The van der Waals surface area contributed by atoms with E-state index in [-0.39, 0.29) is 0 Å². The number of rotatable bonds is 3. The number of nitrogens with zero attached hydrogens (tertiary/aromatic N) is 1. The van der Waals surface area contributed by atoms with Gasteiger partial charge in [-0.2, -0.15) is 4.99 Å². The molecule has 3 heteroatoms. The van der Waals surface area contributed by atoms with Gasteiger partial charge in [-0.15, -0.1) is 0 Å². The zero-order valence-corrected chi connectivity index (χ0v) is 11.0. The topological polar surface area (TPSA) is 12.4 Å². The molecule has 0 N–H and O–H groups in total. The smallest absolute Gasteiger partial charge is 0.0740 e. The molecule has 0 saturated heterocycles. The lowest BCUT2D eigenvalue weighted by Crippen LogP contribution is -1.74. The fraction of sp³-hybridized carbons (Fsp3) is 0.0714. The summed E-state index contributed by atoms with van der Waals surface area (Å²) in [7, 11) is 0. The monoisotopic (exact) mass is 257 g/mol. The number of aryl methyl sites for hydroxylation is 1. The summed E-state index contributed by atoms with van der Waals surface area (Å²) in [6, 6.07) is 16.4. The van der Waals surface area contributed by atoms with Gasteiger partial charge in [0.25, 0.3) is 0 Å². The molecule has 0 heterocycles. The molecule has 2 rings (SSSR count). The molecule has 84 valence electrons. The molecule has 0 aliphatic heterocycles. The maximum absolute atomic E-state index is 4.56. The molecule has 0 amide bonds. The third kappa shape index (κ3) is 3.53. The number of aliphatic imine (C=N–C) groups is 1. The van der Waals surface area contributed by atoms with Gasteiger partial charge >= 0.3 is 0 Å². The van der Waals surface area contributed by atoms with Crippen LogP contribution in [0.4, 0.5) is 5.69 Å². The van der Waals surface area contributed by atoms with Gasteiger partial charge in [0.05, 0.1) is 10.8 Å². The second-order valence-corrected chi connectivity index (χ2v) is 4.94. The average Bonchev–Trinajstić information content (AvgIpc) is 2.35. The quantitative estimate of drug-likeness (QED) is 0.574. The van der Waals surface area contributed by atoms with Crippen molar-refractivity contribution in [1.82, 2.24) is 0 Å². The van der Waals surface area contributed by atoms with E-state index in [9.17, 15) is 0 Å². The van der Waals surface area contributed by atoms with Gasteiger partial charge < -0.3 is 0 Å². The molecule has 0 atom stereocenters. The van der Waals surface area contributed by atoms with Crippen LogP contribution in [0.5, 0.6) is 0 Å². The third-order valence-electron chi connectivity index (χ3n) is 2.27. The van der Waals surface area contributed by atoms with E-state index in [2.05, 4.69) is 53.6 Å². The van der Waals surface area contributed by atoms with Crippen LogP contribution in [0, 0.1) is 6.92 Å². The van der Waals surface area contributed by atoms with Gasteiger partial charge in [-0.3, -0.25) is 0 Å². The van der Waals surface area contributed by atoms with Crippen molar-refractivity contribution in [2.45, 2.75) is 16.7 Å². The summed E-state index contributed by atoms with van der Waals surface area (Å²) in [4.78, 5) is 6.35. The number of hydrogen-bond acceptors (Lipinski definition) is 3. The van der Waals surface area contributed by atoms with Crippen LogP contribution in [0.25, 0.3) is 0 Å². The molecule has 0 aliphatic rings. The van der Waals surface area contributed by atoms with Crippen LogP contribution in [0.15, 0.2) is 63.3 Å². The summed E-state index contributed by atoms with van der Waals surface area (Å²) in [5.74, 6) is 0. The number of thiocarbonyl (C=S) groups is 1. The van der Waals surface area contributed by atoms with Crippen LogP contribution in [-0.4, -0.2) is 5.16 Å². The summed E-state index contributed by atoms with van der Waals surface area (Å²) in [6.07, 6.45) is 0. The lowest BCUT2D eigenvalue weighted by atomic mass is 10.2. The minimum atomic E-state index is 0.841. The first-order valence-electron chi connectivity index (χ1n) is 5.20. The van der Waals surface area contributed by atoms with Crippen molar-refractivity contribution < 1.29 is 0 Å². The van der Waals surface area contributed by atoms with E-state index in [1.54, 1.807) is 11.8 Å². The molecule has 0 fully saturated rings. The fourth-order valence-electron chi connectivity index (χ4n) is 1.38.